The van der Waals surface area contributed by atoms with Gasteiger partial charge in [-0.05, 0) is 19.0 Å². The highest BCUT2D eigenvalue weighted by Crippen LogP contribution is 2.28. The molecule has 1 saturated carbocycles. The fourth-order valence-corrected chi connectivity index (χ4v) is 1.52. The molecule has 0 aromatic heterocycles. The van der Waals surface area contributed by atoms with Gasteiger partial charge >= 0.3 is 0 Å². The molecule has 2 aliphatic rings. The van der Waals surface area contributed by atoms with Gasteiger partial charge in [-0.15, -0.1) is 0 Å². The summed E-state index contributed by atoms with van der Waals surface area (Å²) in [4.78, 5) is 4.82. The minimum atomic E-state index is 0.921. The monoisotopic (exact) mass is 138 g/mol. The van der Waals surface area contributed by atoms with Gasteiger partial charge in [-0.25, -0.2) is 0 Å². The van der Waals surface area contributed by atoms with E-state index >= 15 is 0 Å². The van der Waals surface area contributed by atoms with Crippen molar-refractivity contribution in [2.75, 3.05) is 19.8 Å². The van der Waals surface area contributed by atoms with Crippen LogP contribution in [0.25, 0.3) is 0 Å². The summed E-state index contributed by atoms with van der Waals surface area (Å²) in [5.41, 5.74) is 0. The molecule has 0 unspecified atom stereocenters. The lowest BCUT2D eigenvalue weighted by molar-refractivity contribution is 0.280. The highest BCUT2D eigenvalue weighted by atomic mass is 15.4. The summed E-state index contributed by atoms with van der Waals surface area (Å²) in [6.45, 7) is 7.30. The van der Waals surface area contributed by atoms with Gasteiger partial charge < -0.3 is 4.90 Å². The minimum absolute atomic E-state index is 0.921. The first-order valence-electron chi connectivity index (χ1n) is 4.01. The molecule has 1 saturated heterocycles. The number of nitrogens with zero attached hydrogens (tertiary/aromatic N) is 2. The second-order valence-electron chi connectivity index (χ2n) is 3.18. The summed E-state index contributed by atoms with van der Waals surface area (Å²) in [7, 11) is 0. The number of rotatable bonds is 2. The summed E-state index contributed by atoms with van der Waals surface area (Å²) in [5, 5.41) is 0. The predicted molar refractivity (Wildman–Crippen MR) is 41.5 cm³/mol. The van der Waals surface area contributed by atoms with Crippen LogP contribution in [0.5, 0.6) is 0 Å². The van der Waals surface area contributed by atoms with E-state index in [1.165, 1.54) is 25.9 Å². The third-order valence-electron chi connectivity index (χ3n) is 2.36. The van der Waals surface area contributed by atoms with Crippen molar-refractivity contribution in [3.8, 4) is 0 Å². The minimum Gasteiger partial charge on any atom is -0.364 e. The van der Waals surface area contributed by atoms with Gasteiger partial charge in [-0.2, -0.15) is 0 Å². The zero-order valence-electron chi connectivity index (χ0n) is 6.29. The van der Waals surface area contributed by atoms with Gasteiger partial charge in [0.2, 0.25) is 0 Å². The Labute approximate surface area is 62.1 Å². The molecule has 1 aliphatic heterocycles. The quantitative estimate of drug-likeness (QED) is 0.558. The van der Waals surface area contributed by atoms with E-state index in [2.05, 4.69) is 16.4 Å². The highest BCUT2D eigenvalue weighted by Gasteiger charge is 2.32. The van der Waals surface area contributed by atoms with Crippen LogP contribution in [0, 0.1) is 0 Å². The standard InChI is InChI=1S/C8H14N2/c1-2-9-5-6-10(7-9)8-3-4-8/h2,8H,1,3-7H2. The Morgan fingerprint density at radius 1 is 1.30 bits per heavy atom. The Morgan fingerprint density at radius 2 is 2.10 bits per heavy atom. The SMILES string of the molecule is C=CN1CCN(C2CC2)C1. The highest BCUT2D eigenvalue weighted by molar-refractivity contribution is 4.89. The molecule has 0 spiro atoms. The molecule has 0 radical (unpaired) electrons. The van der Waals surface area contributed by atoms with Crippen molar-refractivity contribution in [1.29, 1.82) is 0 Å². The fraction of sp³-hybridized carbons (Fsp3) is 0.750. The van der Waals surface area contributed by atoms with E-state index in [1.54, 1.807) is 0 Å². The average Bonchev–Trinajstić information content (AvgIpc) is 2.70. The second kappa shape index (κ2) is 2.27. The van der Waals surface area contributed by atoms with Crippen molar-refractivity contribution in [2.45, 2.75) is 18.9 Å². The lowest BCUT2D eigenvalue weighted by Gasteiger charge is -2.14. The van der Waals surface area contributed by atoms with Gasteiger partial charge in [0.1, 0.15) is 0 Å². The van der Waals surface area contributed by atoms with Crippen LogP contribution in [-0.4, -0.2) is 35.6 Å². The van der Waals surface area contributed by atoms with E-state index in [4.69, 9.17) is 0 Å². The fourth-order valence-electron chi connectivity index (χ4n) is 1.52. The topological polar surface area (TPSA) is 6.48 Å². The second-order valence-corrected chi connectivity index (χ2v) is 3.18. The molecular formula is C8H14N2. The summed E-state index contributed by atoms with van der Waals surface area (Å²) in [5.74, 6) is 0. The van der Waals surface area contributed by atoms with Gasteiger partial charge in [0.15, 0.2) is 0 Å². The van der Waals surface area contributed by atoms with E-state index in [1.807, 2.05) is 6.20 Å². The van der Waals surface area contributed by atoms with Crippen molar-refractivity contribution >= 4 is 0 Å². The Bertz CT molecular complexity index is 140. The molecular weight excluding hydrogens is 124 g/mol. The molecule has 2 fully saturated rings. The summed E-state index contributed by atoms with van der Waals surface area (Å²) >= 11 is 0. The summed E-state index contributed by atoms with van der Waals surface area (Å²) in [6, 6.07) is 0.921. The first kappa shape index (κ1) is 6.23. The van der Waals surface area contributed by atoms with E-state index in [9.17, 15) is 0 Å². The van der Waals surface area contributed by atoms with Gasteiger partial charge in [0.25, 0.3) is 0 Å². The zero-order chi connectivity index (χ0) is 6.97. The van der Waals surface area contributed by atoms with Crippen molar-refractivity contribution in [1.82, 2.24) is 9.80 Å². The third-order valence-corrected chi connectivity index (χ3v) is 2.36. The molecule has 10 heavy (non-hydrogen) atoms. The van der Waals surface area contributed by atoms with Crippen molar-refractivity contribution < 1.29 is 0 Å². The van der Waals surface area contributed by atoms with Crippen molar-refractivity contribution in [3.05, 3.63) is 12.8 Å². The summed E-state index contributed by atoms with van der Waals surface area (Å²) in [6.07, 6.45) is 4.79. The predicted octanol–water partition coefficient (Wildman–Crippen LogP) is 0.867. The van der Waals surface area contributed by atoms with Crippen molar-refractivity contribution in [2.24, 2.45) is 0 Å². The molecule has 0 aromatic carbocycles. The van der Waals surface area contributed by atoms with Gasteiger partial charge in [-0.1, -0.05) is 6.58 Å². The first-order chi connectivity index (χ1) is 4.90. The molecule has 0 atom stereocenters. The number of hydrogen-bond donors (Lipinski definition) is 0. The van der Waals surface area contributed by atoms with Gasteiger partial charge in [0.05, 0.1) is 6.67 Å². The maximum Gasteiger partial charge on any atom is 0.0704 e. The first-order valence-corrected chi connectivity index (χ1v) is 4.01. The maximum atomic E-state index is 3.76. The van der Waals surface area contributed by atoms with Crippen LogP contribution in [0.2, 0.25) is 0 Å². The third kappa shape index (κ3) is 1.03. The molecule has 1 heterocycles. The molecule has 2 nitrogen and oxygen atoms in total. The molecule has 0 aromatic rings. The number of hydrogen-bond acceptors (Lipinski definition) is 2. The molecule has 1 aliphatic carbocycles. The Morgan fingerprint density at radius 3 is 2.60 bits per heavy atom. The Kier molecular flexibility index (Phi) is 1.42. The van der Waals surface area contributed by atoms with E-state index in [-0.39, 0.29) is 0 Å². The largest absolute Gasteiger partial charge is 0.364 e. The molecule has 0 bridgehead atoms. The van der Waals surface area contributed by atoms with Crippen LogP contribution in [0.3, 0.4) is 0 Å². The lowest BCUT2D eigenvalue weighted by Crippen LogP contribution is -2.24. The average molecular weight is 138 g/mol. The van der Waals surface area contributed by atoms with Crippen LogP contribution in [0.15, 0.2) is 12.8 Å². The van der Waals surface area contributed by atoms with Crippen LogP contribution in [-0.2, 0) is 0 Å². The molecule has 0 N–H and O–H groups in total. The zero-order valence-corrected chi connectivity index (χ0v) is 6.29. The lowest BCUT2D eigenvalue weighted by atomic mass is 10.5. The van der Waals surface area contributed by atoms with Gasteiger partial charge in [0, 0.05) is 19.1 Å². The van der Waals surface area contributed by atoms with E-state index in [0.717, 1.165) is 12.7 Å². The molecule has 2 heteroatoms. The van der Waals surface area contributed by atoms with Crippen LogP contribution in [0.1, 0.15) is 12.8 Å². The molecule has 0 amide bonds. The maximum absolute atomic E-state index is 3.76. The van der Waals surface area contributed by atoms with E-state index in [0.29, 0.717) is 0 Å². The van der Waals surface area contributed by atoms with Crippen LogP contribution >= 0.6 is 0 Å². The smallest absolute Gasteiger partial charge is 0.0704 e. The van der Waals surface area contributed by atoms with Crippen LogP contribution < -0.4 is 0 Å². The normalized spacial score (nSPS) is 27.4. The molecule has 56 valence electrons. The van der Waals surface area contributed by atoms with Crippen molar-refractivity contribution in [3.63, 3.8) is 0 Å². The Balaban J connectivity index is 1.86. The van der Waals surface area contributed by atoms with Gasteiger partial charge in [-0.3, -0.25) is 4.90 Å². The molecule has 2 rings (SSSR count). The Hall–Kier alpha value is -0.500. The van der Waals surface area contributed by atoms with Crippen LogP contribution in [0.4, 0.5) is 0 Å². The van der Waals surface area contributed by atoms with E-state index < -0.39 is 0 Å². The summed E-state index contributed by atoms with van der Waals surface area (Å²) < 4.78 is 0.